The molecule has 7 nitrogen and oxygen atoms in total. The summed E-state index contributed by atoms with van der Waals surface area (Å²) in [6.45, 7) is 4.85. The molecule has 3 rings (SSSR count). The molecule has 0 aliphatic carbocycles. The first-order valence-electron chi connectivity index (χ1n) is 9.42. The number of hydrogen-bond acceptors (Lipinski definition) is 5. The molecule has 3 N–H and O–H groups in total. The van der Waals surface area contributed by atoms with Crippen molar-refractivity contribution < 1.29 is 19.1 Å². The first-order valence-corrected chi connectivity index (χ1v) is 9.79. The molecule has 1 aliphatic heterocycles. The molecule has 0 aromatic heterocycles. The van der Waals surface area contributed by atoms with Gasteiger partial charge in [-0.05, 0) is 31.5 Å². The molecule has 0 bridgehead atoms. The minimum atomic E-state index is -0.246. The van der Waals surface area contributed by atoms with Gasteiger partial charge in [-0.15, -0.1) is 0 Å². The highest BCUT2D eigenvalue weighted by atomic mass is 35.5. The van der Waals surface area contributed by atoms with Crippen LogP contribution >= 0.6 is 11.6 Å². The SMILES string of the molecule is CC(C)NC(=O)Cc1ccc(NCC(=O)Nc2cc3c(cc2Cl)OCCO3)cc1. The molecule has 29 heavy (non-hydrogen) atoms. The highest BCUT2D eigenvalue weighted by Crippen LogP contribution is 2.37. The Balaban J connectivity index is 1.51. The van der Waals surface area contributed by atoms with Crippen molar-refractivity contribution in [3.8, 4) is 11.5 Å². The number of ether oxygens (including phenoxy) is 2. The fraction of sp³-hybridized carbons (Fsp3) is 0.333. The summed E-state index contributed by atoms with van der Waals surface area (Å²) in [5.74, 6) is 0.862. The minimum Gasteiger partial charge on any atom is -0.486 e. The molecular formula is C21H24ClN3O4. The Labute approximate surface area is 174 Å². The topological polar surface area (TPSA) is 88.7 Å². The molecule has 0 atom stereocenters. The maximum Gasteiger partial charge on any atom is 0.243 e. The second-order valence-electron chi connectivity index (χ2n) is 6.97. The summed E-state index contributed by atoms with van der Waals surface area (Å²) in [5, 5.41) is 9.05. The van der Waals surface area contributed by atoms with Crippen molar-refractivity contribution >= 4 is 34.8 Å². The molecule has 0 spiro atoms. The van der Waals surface area contributed by atoms with Crippen molar-refractivity contribution in [2.75, 3.05) is 30.4 Å². The van der Waals surface area contributed by atoms with Crippen molar-refractivity contribution in [1.29, 1.82) is 0 Å². The summed E-state index contributed by atoms with van der Waals surface area (Å²) in [6, 6.07) is 10.8. The number of rotatable bonds is 7. The fourth-order valence-electron chi connectivity index (χ4n) is 2.84. The Kier molecular flexibility index (Phi) is 6.82. The van der Waals surface area contributed by atoms with Crippen LogP contribution in [0, 0.1) is 0 Å². The summed E-state index contributed by atoms with van der Waals surface area (Å²) < 4.78 is 11.0. The zero-order chi connectivity index (χ0) is 20.8. The summed E-state index contributed by atoms with van der Waals surface area (Å²) in [4.78, 5) is 24.1. The van der Waals surface area contributed by atoms with E-state index in [2.05, 4.69) is 16.0 Å². The van der Waals surface area contributed by atoms with Crippen LogP contribution < -0.4 is 25.4 Å². The molecule has 2 amide bonds. The highest BCUT2D eigenvalue weighted by Gasteiger charge is 2.16. The van der Waals surface area contributed by atoms with Crippen molar-refractivity contribution in [3.63, 3.8) is 0 Å². The van der Waals surface area contributed by atoms with Gasteiger partial charge in [-0.2, -0.15) is 0 Å². The van der Waals surface area contributed by atoms with Gasteiger partial charge in [0, 0.05) is 23.9 Å². The Morgan fingerprint density at radius 1 is 1.03 bits per heavy atom. The van der Waals surface area contributed by atoms with Crippen LogP contribution in [0.15, 0.2) is 36.4 Å². The molecular weight excluding hydrogens is 394 g/mol. The number of halogens is 1. The fourth-order valence-corrected chi connectivity index (χ4v) is 3.04. The molecule has 1 aliphatic rings. The number of nitrogens with one attached hydrogen (secondary N) is 3. The monoisotopic (exact) mass is 417 g/mol. The van der Waals surface area contributed by atoms with Gasteiger partial charge in [0.05, 0.1) is 23.7 Å². The largest absolute Gasteiger partial charge is 0.486 e. The highest BCUT2D eigenvalue weighted by molar-refractivity contribution is 6.34. The third-order valence-electron chi connectivity index (χ3n) is 4.13. The number of carbonyl (C=O) groups excluding carboxylic acids is 2. The molecule has 0 saturated heterocycles. The third kappa shape index (κ3) is 6.02. The van der Waals surface area contributed by atoms with E-state index in [1.54, 1.807) is 12.1 Å². The van der Waals surface area contributed by atoms with Gasteiger partial charge < -0.3 is 25.4 Å². The maximum atomic E-state index is 12.3. The molecule has 0 fully saturated rings. The lowest BCUT2D eigenvalue weighted by Crippen LogP contribution is -2.31. The zero-order valence-corrected chi connectivity index (χ0v) is 17.1. The van der Waals surface area contributed by atoms with E-state index in [9.17, 15) is 9.59 Å². The predicted molar refractivity (Wildman–Crippen MR) is 113 cm³/mol. The van der Waals surface area contributed by atoms with Gasteiger partial charge in [-0.25, -0.2) is 0 Å². The lowest BCUT2D eigenvalue weighted by atomic mass is 10.1. The lowest BCUT2D eigenvalue weighted by Gasteiger charge is -2.20. The minimum absolute atomic E-state index is 0.0172. The van der Waals surface area contributed by atoms with Crippen LogP contribution in [0.4, 0.5) is 11.4 Å². The smallest absolute Gasteiger partial charge is 0.243 e. The van der Waals surface area contributed by atoms with E-state index in [-0.39, 0.29) is 24.4 Å². The van der Waals surface area contributed by atoms with Gasteiger partial charge in [0.15, 0.2) is 11.5 Å². The van der Waals surface area contributed by atoms with Crippen LogP contribution in [0.1, 0.15) is 19.4 Å². The van der Waals surface area contributed by atoms with Gasteiger partial charge in [-0.3, -0.25) is 9.59 Å². The van der Waals surface area contributed by atoms with E-state index in [0.29, 0.717) is 41.8 Å². The molecule has 154 valence electrons. The molecule has 2 aromatic rings. The van der Waals surface area contributed by atoms with E-state index in [1.165, 1.54) is 0 Å². The summed E-state index contributed by atoms with van der Waals surface area (Å²) in [6.07, 6.45) is 0.321. The van der Waals surface area contributed by atoms with E-state index >= 15 is 0 Å². The molecule has 1 heterocycles. The Morgan fingerprint density at radius 3 is 2.34 bits per heavy atom. The van der Waals surface area contributed by atoms with Crippen molar-refractivity contribution in [1.82, 2.24) is 5.32 Å². The van der Waals surface area contributed by atoms with Crippen LogP contribution in [0.2, 0.25) is 5.02 Å². The molecule has 2 aromatic carbocycles. The summed E-state index contributed by atoms with van der Waals surface area (Å²) in [7, 11) is 0. The predicted octanol–water partition coefficient (Wildman–Crippen LogP) is 3.23. The van der Waals surface area contributed by atoms with Crippen LogP contribution in [0.5, 0.6) is 11.5 Å². The van der Waals surface area contributed by atoms with Gasteiger partial charge >= 0.3 is 0 Å². The summed E-state index contributed by atoms with van der Waals surface area (Å²) in [5.41, 5.74) is 2.15. The van der Waals surface area contributed by atoms with Crippen LogP contribution in [-0.4, -0.2) is 37.6 Å². The Hall–Kier alpha value is -2.93. The van der Waals surface area contributed by atoms with Gasteiger partial charge in [-0.1, -0.05) is 23.7 Å². The van der Waals surface area contributed by atoms with Crippen LogP contribution in [0.3, 0.4) is 0 Å². The van der Waals surface area contributed by atoms with Crippen molar-refractivity contribution in [2.45, 2.75) is 26.3 Å². The van der Waals surface area contributed by atoms with Gasteiger partial charge in [0.25, 0.3) is 0 Å². The van der Waals surface area contributed by atoms with Gasteiger partial charge in [0.1, 0.15) is 13.2 Å². The van der Waals surface area contributed by atoms with Crippen LogP contribution in [-0.2, 0) is 16.0 Å². The number of anilines is 2. The van der Waals surface area contributed by atoms with E-state index < -0.39 is 0 Å². The third-order valence-corrected chi connectivity index (χ3v) is 4.44. The van der Waals surface area contributed by atoms with E-state index in [4.69, 9.17) is 21.1 Å². The standard InChI is InChI=1S/C21H24ClN3O4/c1-13(2)24-20(26)9-14-3-5-15(6-4-14)23-12-21(27)25-17-11-19-18(10-16(17)22)28-7-8-29-19/h3-6,10-11,13,23H,7-9,12H2,1-2H3,(H,24,26)(H,25,27). The molecule has 0 unspecified atom stereocenters. The van der Waals surface area contributed by atoms with Crippen LogP contribution in [0.25, 0.3) is 0 Å². The second kappa shape index (κ2) is 9.52. The maximum absolute atomic E-state index is 12.3. The van der Waals surface area contributed by atoms with Gasteiger partial charge in [0.2, 0.25) is 11.8 Å². The number of hydrogen-bond donors (Lipinski definition) is 3. The van der Waals surface area contributed by atoms with Crippen molar-refractivity contribution in [3.05, 3.63) is 47.0 Å². The first kappa shape index (κ1) is 20.8. The molecule has 8 heteroatoms. The number of fused-ring (bicyclic) bond motifs is 1. The number of benzene rings is 2. The average Bonchev–Trinajstić information content (AvgIpc) is 2.67. The summed E-state index contributed by atoms with van der Waals surface area (Å²) >= 11 is 6.21. The van der Waals surface area contributed by atoms with Crippen molar-refractivity contribution in [2.24, 2.45) is 0 Å². The normalized spacial score (nSPS) is 12.4. The quantitative estimate of drug-likeness (QED) is 0.643. The number of amides is 2. The lowest BCUT2D eigenvalue weighted by molar-refractivity contribution is -0.121. The second-order valence-corrected chi connectivity index (χ2v) is 7.38. The van der Waals surface area contributed by atoms with E-state index in [1.807, 2.05) is 38.1 Å². The number of carbonyl (C=O) groups is 2. The Bertz CT molecular complexity index is 884. The zero-order valence-electron chi connectivity index (χ0n) is 16.4. The molecule has 0 radical (unpaired) electrons. The Morgan fingerprint density at radius 2 is 1.69 bits per heavy atom. The average molecular weight is 418 g/mol. The molecule has 0 saturated carbocycles. The van der Waals surface area contributed by atoms with E-state index in [0.717, 1.165) is 11.3 Å². The first-order chi connectivity index (χ1) is 13.9.